The molecule has 2 N–H and O–H groups in total. The van der Waals surface area contributed by atoms with Gasteiger partial charge in [-0.1, -0.05) is 6.92 Å². The molecular formula is C11H18N2O2. The standard InChI is InChI=1S/C11H18N2O2/c1-4-11(2,12)8-15-9-5-6-13-10(7-9)14-3/h5-7H,4,8,12H2,1-3H3. The zero-order valence-electron chi connectivity index (χ0n) is 9.49. The van der Waals surface area contributed by atoms with Crippen LogP contribution in [0.25, 0.3) is 0 Å². The van der Waals surface area contributed by atoms with Crippen molar-refractivity contribution in [3.63, 3.8) is 0 Å². The van der Waals surface area contributed by atoms with Crippen LogP contribution >= 0.6 is 0 Å². The molecule has 0 saturated carbocycles. The van der Waals surface area contributed by atoms with Gasteiger partial charge in [-0.2, -0.15) is 0 Å². The molecule has 15 heavy (non-hydrogen) atoms. The molecular weight excluding hydrogens is 192 g/mol. The number of methoxy groups -OCH3 is 1. The van der Waals surface area contributed by atoms with E-state index in [1.54, 1.807) is 25.4 Å². The van der Waals surface area contributed by atoms with Crippen molar-refractivity contribution >= 4 is 0 Å². The molecule has 0 aliphatic carbocycles. The molecule has 0 saturated heterocycles. The summed E-state index contributed by atoms with van der Waals surface area (Å²) in [6, 6.07) is 3.53. The minimum absolute atomic E-state index is 0.295. The molecule has 1 rings (SSSR count). The molecule has 1 aromatic rings. The summed E-state index contributed by atoms with van der Waals surface area (Å²) in [4.78, 5) is 3.99. The number of aromatic nitrogens is 1. The first-order valence-electron chi connectivity index (χ1n) is 4.99. The molecule has 1 heterocycles. The summed E-state index contributed by atoms with van der Waals surface area (Å²) in [5.41, 5.74) is 5.67. The van der Waals surface area contributed by atoms with Crippen molar-refractivity contribution in [3.8, 4) is 11.6 Å². The van der Waals surface area contributed by atoms with E-state index in [1.807, 2.05) is 13.8 Å². The van der Waals surface area contributed by atoms with Crippen LogP contribution in [-0.4, -0.2) is 24.2 Å². The van der Waals surface area contributed by atoms with Crippen molar-refractivity contribution in [2.45, 2.75) is 25.8 Å². The van der Waals surface area contributed by atoms with E-state index in [-0.39, 0.29) is 5.54 Å². The molecule has 1 aromatic heterocycles. The van der Waals surface area contributed by atoms with Crippen LogP contribution in [0.3, 0.4) is 0 Å². The van der Waals surface area contributed by atoms with Crippen molar-refractivity contribution in [2.24, 2.45) is 5.73 Å². The van der Waals surface area contributed by atoms with Crippen molar-refractivity contribution < 1.29 is 9.47 Å². The van der Waals surface area contributed by atoms with Gasteiger partial charge in [0.05, 0.1) is 7.11 Å². The van der Waals surface area contributed by atoms with E-state index in [4.69, 9.17) is 15.2 Å². The van der Waals surface area contributed by atoms with Gasteiger partial charge < -0.3 is 15.2 Å². The minimum atomic E-state index is -0.295. The first-order chi connectivity index (χ1) is 7.07. The molecule has 0 bridgehead atoms. The summed E-state index contributed by atoms with van der Waals surface area (Å²) < 4.78 is 10.5. The maximum atomic E-state index is 5.96. The van der Waals surface area contributed by atoms with Crippen molar-refractivity contribution in [3.05, 3.63) is 18.3 Å². The molecule has 4 nitrogen and oxygen atoms in total. The van der Waals surface area contributed by atoms with Crippen LogP contribution < -0.4 is 15.2 Å². The summed E-state index contributed by atoms with van der Waals surface area (Å²) >= 11 is 0. The average molecular weight is 210 g/mol. The minimum Gasteiger partial charge on any atom is -0.491 e. The third-order valence-electron chi connectivity index (χ3n) is 2.29. The first kappa shape index (κ1) is 11.8. The molecule has 0 aromatic carbocycles. The molecule has 84 valence electrons. The summed E-state index contributed by atoms with van der Waals surface area (Å²) in [5.74, 6) is 1.27. The summed E-state index contributed by atoms with van der Waals surface area (Å²) in [5, 5.41) is 0. The zero-order valence-corrected chi connectivity index (χ0v) is 9.49. The quantitative estimate of drug-likeness (QED) is 0.802. The largest absolute Gasteiger partial charge is 0.491 e. The number of hydrogen-bond acceptors (Lipinski definition) is 4. The van der Waals surface area contributed by atoms with Crippen LogP contribution in [0.2, 0.25) is 0 Å². The maximum Gasteiger partial charge on any atom is 0.216 e. The van der Waals surface area contributed by atoms with Crippen LogP contribution in [0.4, 0.5) is 0 Å². The Morgan fingerprint density at radius 2 is 2.27 bits per heavy atom. The lowest BCUT2D eigenvalue weighted by molar-refractivity contribution is 0.224. The van der Waals surface area contributed by atoms with Gasteiger partial charge in [0.2, 0.25) is 5.88 Å². The number of ether oxygens (including phenoxy) is 2. The van der Waals surface area contributed by atoms with Gasteiger partial charge >= 0.3 is 0 Å². The van der Waals surface area contributed by atoms with E-state index in [0.29, 0.717) is 12.5 Å². The van der Waals surface area contributed by atoms with Gasteiger partial charge in [-0.25, -0.2) is 4.98 Å². The Balaban J connectivity index is 2.57. The lowest BCUT2D eigenvalue weighted by Gasteiger charge is -2.22. The van der Waals surface area contributed by atoms with E-state index < -0.39 is 0 Å². The van der Waals surface area contributed by atoms with Crippen molar-refractivity contribution in [1.29, 1.82) is 0 Å². The molecule has 0 amide bonds. The highest BCUT2D eigenvalue weighted by Gasteiger charge is 2.16. The third-order valence-corrected chi connectivity index (χ3v) is 2.29. The number of hydrogen-bond donors (Lipinski definition) is 1. The van der Waals surface area contributed by atoms with Gasteiger partial charge in [-0.05, 0) is 19.4 Å². The fourth-order valence-corrected chi connectivity index (χ4v) is 0.943. The van der Waals surface area contributed by atoms with Crippen LogP contribution in [0, 0.1) is 0 Å². The van der Waals surface area contributed by atoms with Gasteiger partial charge in [0, 0.05) is 17.8 Å². The summed E-state index contributed by atoms with van der Waals surface area (Å²) in [6.07, 6.45) is 2.52. The molecule has 0 spiro atoms. The lowest BCUT2D eigenvalue weighted by Crippen LogP contribution is -2.41. The smallest absolute Gasteiger partial charge is 0.216 e. The molecule has 0 radical (unpaired) electrons. The molecule has 4 heteroatoms. The number of pyridine rings is 1. The molecule has 0 fully saturated rings. The van der Waals surface area contributed by atoms with E-state index in [9.17, 15) is 0 Å². The number of rotatable bonds is 5. The number of nitrogens with zero attached hydrogens (tertiary/aromatic N) is 1. The molecule has 1 atom stereocenters. The van der Waals surface area contributed by atoms with Gasteiger partial charge in [0.1, 0.15) is 12.4 Å². The summed E-state index contributed by atoms with van der Waals surface area (Å²) in [6.45, 7) is 4.48. The van der Waals surface area contributed by atoms with Crippen molar-refractivity contribution in [1.82, 2.24) is 4.98 Å². The van der Waals surface area contributed by atoms with Crippen LogP contribution in [0.1, 0.15) is 20.3 Å². The first-order valence-corrected chi connectivity index (χ1v) is 4.99. The number of nitrogens with two attached hydrogens (primary N) is 1. The van der Waals surface area contributed by atoms with Gasteiger partial charge in [-0.15, -0.1) is 0 Å². The highest BCUT2D eigenvalue weighted by molar-refractivity contribution is 5.26. The fourth-order valence-electron chi connectivity index (χ4n) is 0.943. The predicted octanol–water partition coefficient (Wildman–Crippen LogP) is 1.60. The van der Waals surface area contributed by atoms with Crippen molar-refractivity contribution in [2.75, 3.05) is 13.7 Å². The zero-order chi connectivity index (χ0) is 11.3. The van der Waals surface area contributed by atoms with Gasteiger partial charge in [0.15, 0.2) is 0 Å². The average Bonchev–Trinajstić information content (AvgIpc) is 2.27. The highest BCUT2D eigenvalue weighted by atomic mass is 16.5. The van der Waals surface area contributed by atoms with Gasteiger partial charge in [-0.3, -0.25) is 0 Å². The second-order valence-electron chi connectivity index (χ2n) is 3.83. The Morgan fingerprint density at radius 1 is 1.53 bits per heavy atom. The highest BCUT2D eigenvalue weighted by Crippen LogP contribution is 2.17. The Kier molecular flexibility index (Phi) is 3.91. The second kappa shape index (κ2) is 4.98. The normalized spacial score (nSPS) is 14.4. The van der Waals surface area contributed by atoms with Crippen LogP contribution in [-0.2, 0) is 0 Å². The van der Waals surface area contributed by atoms with Crippen LogP contribution in [0.5, 0.6) is 11.6 Å². The fraction of sp³-hybridized carbons (Fsp3) is 0.545. The Bertz CT molecular complexity index is 313. The molecule has 0 aliphatic rings. The van der Waals surface area contributed by atoms with E-state index in [1.165, 1.54) is 0 Å². The maximum absolute atomic E-state index is 5.96. The van der Waals surface area contributed by atoms with E-state index in [2.05, 4.69) is 4.98 Å². The Morgan fingerprint density at radius 3 is 2.87 bits per heavy atom. The Labute approximate surface area is 90.4 Å². The second-order valence-corrected chi connectivity index (χ2v) is 3.83. The Hall–Kier alpha value is -1.29. The lowest BCUT2D eigenvalue weighted by atomic mass is 10.0. The van der Waals surface area contributed by atoms with E-state index >= 15 is 0 Å². The van der Waals surface area contributed by atoms with Crippen LogP contribution in [0.15, 0.2) is 18.3 Å². The third kappa shape index (κ3) is 3.75. The SMILES string of the molecule is CCC(C)(N)COc1ccnc(OC)c1. The monoisotopic (exact) mass is 210 g/mol. The predicted molar refractivity (Wildman–Crippen MR) is 59.2 cm³/mol. The molecule has 1 unspecified atom stereocenters. The summed E-state index contributed by atoms with van der Waals surface area (Å²) in [7, 11) is 1.57. The molecule has 0 aliphatic heterocycles. The van der Waals surface area contributed by atoms with E-state index in [0.717, 1.165) is 12.2 Å². The van der Waals surface area contributed by atoms with Gasteiger partial charge in [0.25, 0.3) is 0 Å². The topological polar surface area (TPSA) is 57.4 Å².